The molecule has 1 aromatic carbocycles. The van der Waals surface area contributed by atoms with Crippen molar-refractivity contribution in [2.75, 3.05) is 20.8 Å². The Morgan fingerprint density at radius 3 is 2.68 bits per heavy atom. The van der Waals surface area contributed by atoms with Crippen LogP contribution in [0.5, 0.6) is 11.5 Å². The zero-order valence-electron chi connectivity index (χ0n) is 19.7. The van der Waals surface area contributed by atoms with Crippen LogP contribution < -0.4 is 24.4 Å². The van der Waals surface area contributed by atoms with E-state index in [2.05, 4.69) is 4.99 Å². The first-order valence-corrected chi connectivity index (χ1v) is 12.5. The molecule has 0 radical (unpaired) electrons. The molecule has 3 aromatic rings. The fourth-order valence-corrected chi connectivity index (χ4v) is 5.57. The lowest BCUT2D eigenvalue weighted by atomic mass is 10.0. The van der Waals surface area contributed by atoms with Gasteiger partial charge in [-0.3, -0.25) is 9.36 Å². The van der Waals surface area contributed by atoms with Crippen LogP contribution in [0.1, 0.15) is 37.3 Å². The molecule has 7 nitrogen and oxygen atoms in total. The Morgan fingerprint density at radius 1 is 1.24 bits per heavy atom. The molecule has 3 heterocycles. The van der Waals surface area contributed by atoms with Crippen molar-refractivity contribution in [3.8, 4) is 11.5 Å². The first kappa shape index (κ1) is 24.0. The van der Waals surface area contributed by atoms with Crippen molar-refractivity contribution in [2.45, 2.75) is 26.8 Å². The van der Waals surface area contributed by atoms with Crippen molar-refractivity contribution in [3.63, 3.8) is 0 Å². The van der Waals surface area contributed by atoms with E-state index in [0.717, 1.165) is 4.88 Å². The minimum Gasteiger partial charge on any atom is -0.497 e. The summed E-state index contributed by atoms with van der Waals surface area (Å²) >= 11 is 2.76. The van der Waals surface area contributed by atoms with Crippen LogP contribution in [0.25, 0.3) is 6.08 Å². The van der Waals surface area contributed by atoms with Gasteiger partial charge >= 0.3 is 5.97 Å². The Hall–Kier alpha value is -3.17. The first-order valence-electron chi connectivity index (χ1n) is 10.8. The van der Waals surface area contributed by atoms with Crippen molar-refractivity contribution < 1.29 is 19.0 Å². The monoisotopic (exact) mass is 498 g/mol. The lowest BCUT2D eigenvalue weighted by Gasteiger charge is -2.23. The molecule has 9 heteroatoms. The second-order valence-electron chi connectivity index (χ2n) is 8.20. The number of carbonyl (C=O) groups is 1. The van der Waals surface area contributed by atoms with Gasteiger partial charge in [-0.25, -0.2) is 9.79 Å². The fourth-order valence-electron chi connectivity index (χ4n) is 3.71. The molecule has 0 fully saturated rings. The Kier molecular flexibility index (Phi) is 7.04. The minimum atomic E-state index is -0.592. The zero-order chi connectivity index (χ0) is 24.4. The Morgan fingerprint density at radius 2 is 2.03 bits per heavy atom. The van der Waals surface area contributed by atoms with Gasteiger partial charge < -0.3 is 14.2 Å². The molecule has 2 aromatic heterocycles. The largest absolute Gasteiger partial charge is 0.497 e. The SMILES string of the molecule is COc1ccc(OC)c(/C=c2/sc3n(c2=O)[C@H](c2cccs2)C(C(=O)OCC(C)C)=C(C)N=3)c1. The van der Waals surface area contributed by atoms with Gasteiger partial charge in [0.2, 0.25) is 0 Å². The smallest absolute Gasteiger partial charge is 0.338 e. The van der Waals surface area contributed by atoms with Crippen molar-refractivity contribution in [2.24, 2.45) is 10.9 Å². The maximum Gasteiger partial charge on any atom is 0.338 e. The quantitative estimate of drug-likeness (QED) is 0.466. The average Bonchev–Trinajstić information content (AvgIpc) is 3.45. The fraction of sp³-hybridized carbons (Fsp3) is 0.320. The van der Waals surface area contributed by atoms with Gasteiger partial charge in [0.25, 0.3) is 5.56 Å². The van der Waals surface area contributed by atoms with Gasteiger partial charge in [-0.15, -0.1) is 11.3 Å². The van der Waals surface area contributed by atoms with E-state index in [-0.39, 0.29) is 11.5 Å². The molecule has 0 bridgehead atoms. The maximum absolute atomic E-state index is 13.7. The van der Waals surface area contributed by atoms with Crippen LogP contribution in [0.4, 0.5) is 0 Å². The number of esters is 1. The highest BCUT2D eigenvalue weighted by Crippen LogP contribution is 2.33. The van der Waals surface area contributed by atoms with Gasteiger partial charge in [-0.1, -0.05) is 31.3 Å². The molecule has 0 aliphatic carbocycles. The number of thiophene rings is 1. The lowest BCUT2D eigenvalue weighted by Crippen LogP contribution is -2.39. The minimum absolute atomic E-state index is 0.198. The van der Waals surface area contributed by atoms with Gasteiger partial charge in [0.15, 0.2) is 4.80 Å². The molecule has 34 heavy (non-hydrogen) atoms. The number of allylic oxidation sites excluding steroid dienone is 1. The highest BCUT2D eigenvalue weighted by Gasteiger charge is 2.34. The average molecular weight is 499 g/mol. The third-order valence-electron chi connectivity index (χ3n) is 5.33. The Bertz CT molecular complexity index is 1410. The molecule has 0 N–H and O–H groups in total. The van der Waals surface area contributed by atoms with E-state index in [1.54, 1.807) is 43.9 Å². The van der Waals surface area contributed by atoms with Gasteiger partial charge in [0.05, 0.1) is 36.6 Å². The number of benzene rings is 1. The molecule has 0 saturated carbocycles. The molecule has 1 aliphatic rings. The van der Waals surface area contributed by atoms with Gasteiger partial charge in [-0.2, -0.15) is 0 Å². The van der Waals surface area contributed by atoms with E-state index in [1.165, 1.54) is 22.7 Å². The normalized spacial score (nSPS) is 15.8. The second-order valence-corrected chi connectivity index (χ2v) is 10.2. The molecule has 0 unspecified atom stereocenters. The first-order chi connectivity index (χ1) is 16.3. The standard InChI is InChI=1S/C25H26N2O5S2/c1-14(2)13-32-24(29)21-15(3)26-25-27(22(21)19-7-6-10-33-19)23(28)20(34-25)12-16-11-17(30-4)8-9-18(16)31-5/h6-12,14,22H,13H2,1-5H3/b20-12+/t22-/m1/s1. The summed E-state index contributed by atoms with van der Waals surface area (Å²) in [6.45, 7) is 6.04. The summed E-state index contributed by atoms with van der Waals surface area (Å²) in [6.07, 6.45) is 1.77. The zero-order valence-corrected chi connectivity index (χ0v) is 21.3. The summed E-state index contributed by atoms with van der Waals surface area (Å²) in [5, 5.41) is 1.93. The summed E-state index contributed by atoms with van der Waals surface area (Å²) in [5.41, 5.74) is 1.43. The number of aromatic nitrogens is 1. The number of rotatable bonds is 7. The number of carbonyl (C=O) groups excluding carboxylic acids is 1. The van der Waals surface area contributed by atoms with Gasteiger partial charge in [-0.05, 0) is 48.6 Å². The van der Waals surface area contributed by atoms with Gasteiger partial charge in [0, 0.05) is 10.4 Å². The number of thiazole rings is 1. The third kappa shape index (κ3) is 4.58. The van der Waals surface area contributed by atoms with Crippen molar-refractivity contribution in [3.05, 3.63) is 77.1 Å². The summed E-state index contributed by atoms with van der Waals surface area (Å²) in [7, 11) is 3.17. The number of hydrogen-bond acceptors (Lipinski definition) is 8. The molecule has 0 saturated heterocycles. The number of ether oxygens (including phenoxy) is 3. The van der Waals surface area contributed by atoms with E-state index < -0.39 is 12.0 Å². The molecule has 4 rings (SSSR count). The summed E-state index contributed by atoms with van der Waals surface area (Å²) in [6, 6.07) is 8.64. The van der Waals surface area contributed by atoms with Crippen LogP contribution in [0.15, 0.2) is 56.8 Å². The van der Waals surface area contributed by atoms with E-state index in [9.17, 15) is 9.59 Å². The number of nitrogens with zero attached hydrogens (tertiary/aromatic N) is 2. The van der Waals surface area contributed by atoms with E-state index in [4.69, 9.17) is 14.2 Å². The van der Waals surface area contributed by atoms with Crippen molar-refractivity contribution >= 4 is 34.7 Å². The topological polar surface area (TPSA) is 79.1 Å². The summed E-state index contributed by atoms with van der Waals surface area (Å²) in [4.78, 5) is 32.8. The highest BCUT2D eigenvalue weighted by atomic mass is 32.1. The Balaban J connectivity index is 1.89. The van der Waals surface area contributed by atoms with E-state index in [0.29, 0.717) is 44.3 Å². The van der Waals surface area contributed by atoms with Crippen molar-refractivity contribution in [1.82, 2.24) is 4.57 Å². The molecule has 178 valence electrons. The van der Waals surface area contributed by atoms with Gasteiger partial charge in [0.1, 0.15) is 17.5 Å². The van der Waals surface area contributed by atoms with Crippen LogP contribution in [0.3, 0.4) is 0 Å². The highest BCUT2D eigenvalue weighted by molar-refractivity contribution is 7.10. The van der Waals surface area contributed by atoms with Crippen LogP contribution >= 0.6 is 22.7 Å². The number of fused-ring (bicyclic) bond motifs is 1. The second kappa shape index (κ2) is 9.99. The van der Waals surface area contributed by atoms with Crippen molar-refractivity contribution in [1.29, 1.82) is 0 Å². The van der Waals surface area contributed by atoms with Crippen LogP contribution in [0, 0.1) is 5.92 Å². The Labute approximate surface area is 205 Å². The predicted octanol–water partition coefficient (Wildman–Crippen LogP) is 3.51. The predicted molar refractivity (Wildman–Crippen MR) is 133 cm³/mol. The van der Waals surface area contributed by atoms with E-state index >= 15 is 0 Å². The summed E-state index contributed by atoms with van der Waals surface area (Å²) in [5.74, 6) is 1.03. The number of hydrogen-bond donors (Lipinski definition) is 0. The van der Waals surface area contributed by atoms with Crippen LogP contribution in [-0.2, 0) is 9.53 Å². The molecular weight excluding hydrogens is 472 g/mol. The maximum atomic E-state index is 13.7. The van der Waals surface area contributed by atoms with E-state index in [1.807, 2.05) is 37.4 Å². The molecular formula is C25H26N2O5S2. The summed E-state index contributed by atoms with van der Waals surface area (Å²) < 4.78 is 18.4. The number of methoxy groups -OCH3 is 2. The molecule has 1 atom stereocenters. The third-order valence-corrected chi connectivity index (χ3v) is 7.23. The molecule has 1 aliphatic heterocycles. The molecule has 0 spiro atoms. The molecule has 0 amide bonds. The lowest BCUT2D eigenvalue weighted by molar-refractivity contribution is -0.140. The van der Waals surface area contributed by atoms with Crippen LogP contribution in [-0.4, -0.2) is 31.4 Å². The van der Waals surface area contributed by atoms with Crippen LogP contribution in [0.2, 0.25) is 0 Å².